The van der Waals surface area contributed by atoms with E-state index in [-0.39, 0.29) is 0 Å². The summed E-state index contributed by atoms with van der Waals surface area (Å²) in [7, 11) is 0. The number of aromatic nitrogens is 2. The molecular formula is C10H14N4O2. The van der Waals surface area contributed by atoms with E-state index < -0.39 is 6.09 Å². The number of likely N-dealkylation sites (tertiary alicyclic amines) is 1. The molecule has 16 heavy (non-hydrogen) atoms. The topological polar surface area (TPSA) is 92.3 Å². The van der Waals surface area contributed by atoms with E-state index in [1.807, 2.05) is 6.07 Å². The van der Waals surface area contributed by atoms with Gasteiger partial charge in [0.25, 0.3) is 0 Å². The fraction of sp³-hybridized carbons (Fsp3) is 0.500. The van der Waals surface area contributed by atoms with E-state index in [0.717, 1.165) is 18.5 Å². The molecule has 0 bridgehead atoms. The summed E-state index contributed by atoms with van der Waals surface area (Å²) < 4.78 is 0. The Balaban J connectivity index is 1.99. The second kappa shape index (κ2) is 4.34. The number of rotatable bonds is 1. The van der Waals surface area contributed by atoms with Crippen molar-refractivity contribution in [3.63, 3.8) is 0 Å². The van der Waals surface area contributed by atoms with Gasteiger partial charge < -0.3 is 15.7 Å². The minimum absolute atomic E-state index is 0.295. The maximum absolute atomic E-state index is 10.7. The summed E-state index contributed by atoms with van der Waals surface area (Å²) in [6.07, 6.45) is 0.748. The summed E-state index contributed by atoms with van der Waals surface area (Å²) in [5.74, 6) is 0.704. The molecule has 86 valence electrons. The summed E-state index contributed by atoms with van der Waals surface area (Å²) in [4.78, 5) is 12.2. The van der Waals surface area contributed by atoms with Gasteiger partial charge in [0.2, 0.25) is 0 Å². The predicted octanol–water partition coefficient (Wildman–Crippen LogP) is 0.916. The van der Waals surface area contributed by atoms with E-state index in [0.29, 0.717) is 24.8 Å². The van der Waals surface area contributed by atoms with Crippen LogP contribution in [0.25, 0.3) is 0 Å². The minimum Gasteiger partial charge on any atom is -0.465 e. The van der Waals surface area contributed by atoms with Gasteiger partial charge in [0.1, 0.15) is 5.82 Å². The van der Waals surface area contributed by atoms with Gasteiger partial charge in [-0.1, -0.05) is 0 Å². The lowest BCUT2D eigenvalue weighted by Crippen LogP contribution is -2.37. The third-order valence-electron chi connectivity index (χ3n) is 2.89. The van der Waals surface area contributed by atoms with Crippen molar-refractivity contribution in [1.82, 2.24) is 15.1 Å². The number of hydrogen-bond acceptors (Lipinski definition) is 4. The van der Waals surface area contributed by atoms with Crippen molar-refractivity contribution in [1.29, 1.82) is 0 Å². The molecule has 1 fully saturated rings. The number of anilines is 1. The first-order valence-electron chi connectivity index (χ1n) is 5.24. The highest BCUT2D eigenvalue weighted by Crippen LogP contribution is 2.26. The summed E-state index contributed by atoms with van der Waals surface area (Å²) in [6, 6.07) is 3.59. The average Bonchev–Trinajstić information content (AvgIpc) is 2.30. The molecule has 0 aromatic carbocycles. The molecule has 0 unspecified atom stereocenters. The molecule has 0 spiro atoms. The van der Waals surface area contributed by atoms with Crippen molar-refractivity contribution in [2.75, 3.05) is 18.8 Å². The number of carbonyl (C=O) groups is 1. The molecule has 2 heterocycles. The molecule has 3 N–H and O–H groups in total. The highest BCUT2D eigenvalue weighted by atomic mass is 16.4. The molecule has 0 radical (unpaired) electrons. The van der Waals surface area contributed by atoms with Gasteiger partial charge in [0, 0.05) is 19.0 Å². The SMILES string of the molecule is Nc1ccc(C2CCN(C(=O)O)CC2)nn1. The van der Waals surface area contributed by atoms with Crippen molar-refractivity contribution >= 4 is 11.9 Å². The Kier molecular flexibility index (Phi) is 2.89. The lowest BCUT2D eigenvalue weighted by molar-refractivity contribution is 0.131. The Bertz CT molecular complexity index is 371. The van der Waals surface area contributed by atoms with Crippen molar-refractivity contribution in [3.05, 3.63) is 17.8 Å². The summed E-state index contributed by atoms with van der Waals surface area (Å²) >= 11 is 0. The highest BCUT2D eigenvalue weighted by Gasteiger charge is 2.24. The zero-order valence-electron chi connectivity index (χ0n) is 8.83. The standard InChI is InChI=1S/C10H14N4O2/c11-9-2-1-8(12-13-9)7-3-5-14(6-4-7)10(15)16/h1-2,7H,3-6H2,(H2,11,13)(H,15,16). The van der Waals surface area contributed by atoms with Gasteiger partial charge in [0.15, 0.2) is 0 Å². The number of amides is 1. The van der Waals surface area contributed by atoms with Crippen LogP contribution < -0.4 is 5.73 Å². The molecule has 6 nitrogen and oxygen atoms in total. The Morgan fingerprint density at radius 2 is 2.06 bits per heavy atom. The second-order valence-corrected chi connectivity index (χ2v) is 3.93. The smallest absolute Gasteiger partial charge is 0.407 e. The average molecular weight is 222 g/mol. The van der Waals surface area contributed by atoms with E-state index in [1.165, 1.54) is 4.90 Å². The molecule has 1 aliphatic heterocycles. The van der Waals surface area contributed by atoms with E-state index in [2.05, 4.69) is 10.2 Å². The Morgan fingerprint density at radius 1 is 1.38 bits per heavy atom. The fourth-order valence-electron chi connectivity index (χ4n) is 1.94. The molecule has 1 aromatic heterocycles. The fourth-order valence-corrected chi connectivity index (χ4v) is 1.94. The maximum Gasteiger partial charge on any atom is 0.407 e. The van der Waals surface area contributed by atoms with Gasteiger partial charge >= 0.3 is 6.09 Å². The second-order valence-electron chi connectivity index (χ2n) is 3.93. The van der Waals surface area contributed by atoms with Crippen LogP contribution in [0.4, 0.5) is 10.6 Å². The van der Waals surface area contributed by atoms with E-state index in [1.54, 1.807) is 6.07 Å². The summed E-state index contributed by atoms with van der Waals surface area (Å²) in [6.45, 7) is 1.12. The number of nitrogens with zero attached hydrogens (tertiary/aromatic N) is 3. The first kappa shape index (κ1) is 10.7. The van der Waals surface area contributed by atoms with Gasteiger partial charge in [-0.3, -0.25) is 0 Å². The zero-order valence-corrected chi connectivity index (χ0v) is 8.83. The van der Waals surface area contributed by atoms with E-state index >= 15 is 0 Å². The van der Waals surface area contributed by atoms with Crippen LogP contribution in [-0.2, 0) is 0 Å². The van der Waals surface area contributed by atoms with Crippen molar-refractivity contribution in [3.8, 4) is 0 Å². The van der Waals surface area contributed by atoms with Gasteiger partial charge in [-0.25, -0.2) is 4.79 Å². The molecule has 1 saturated heterocycles. The maximum atomic E-state index is 10.7. The molecule has 0 saturated carbocycles. The molecule has 0 atom stereocenters. The van der Waals surface area contributed by atoms with Crippen LogP contribution in [0.1, 0.15) is 24.5 Å². The van der Waals surface area contributed by atoms with Crippen LogP contribution >= 0.6 is 0 Å². The van der Waals surface area contributed by atoms with Crippen molar-refractivity contribution in [2.45, 2.75) is 18.8 Å². The van der Waals surface area contributed by atoms with Crippen molar-refractivity contribution < 1.29 is 9.90 Å². The first-order valence-corrected chi connectivity index (χ1v) is 5.24. The third-order valence-corrected chi connectivity index (χ3v) is 2.89. The highest BCUT2D eigenvalue weighted by molar-refractivity contribution is 5.65. The number of hydrogen-bond donors (Lipinski definition) is 2. The minimum atomic E-state index is -0.846. The molecule has 1 aromatic rings. The van der Waals surface area contributed by atoms with Crippen LogP contribution in [-0.4, -0.2) is 39.4 Å². The van der Waals surface area contributed by atoms with Crippen molar-refractivity contribution in [2.24, 2.45) is 0 Å². The van der Waals surface area contributed by atoms with Crippen LogP contribution in [0, 0.1) is 0 Å². The van der Waals surface area contributed by atoms with Crippen LogP contribution in [0.15, 0.2) is 12.1 Å². The van der Waals surface area contributed by atoms with E-state index in [4.69, 9.17) is 10.8 Å². The zero-order chi connectivity index (χ0) is 11.5. The lowest BCUT2D eigenvalue weighted by atomic mass is 9.93. The van der Waals surface area contributed by atoms with Crippen LogP contribution in [0.2, 0.25) is 0 Å². The Hall–Kier alpha value is -1.85. The summed E-state index contributed by atoms with van der Waals surface area (Å²) in [5, 5.41) is 16.7. The lowest BCUT2D eigenvalue weighted by Gasteiger charge is -2.29. The van der Waals surface area contributed by atoms with Crippen LogP contribution in [0.5, 0.6) is 0 Å². The molecule has 2 rings (SSSR count). The van der Waals surface area contributed by atoms with Gasteiger partial charge in [-0.2, -0.15) is 5.10 Å². The van der Waals surface area contributed by atoms with Gasteiger partial charge in [-0.15, -0.1) is 5.10 Å². The predicted molar refractivity (Wildman–Crippen MR) is 58.0 cm³/mol. The largest absolute Gasteiger partial charge is 0.465 e. The summed E-state index contributed by atoms with van der Waals surface area (Å²) in [5.41, 5.74) is 6.36. The van der Waals surface area contributed by atoms with Gasteiger partial charge in [-0.05, 0) is 25.0 Å². The molecular weight excluding hydrogens is 208 g/mol. The monoisotopic (exact) mass is 222 g/mol. The normalized spacial score (nSPS) is 17.4. The Labute approximate surface area is 93.1 Å². The molecule has 0 aliphatic carbocycles. The number of nitrogens with two attached hydrogens (primary N) is 1. The van der Waals surface area contributed by atoms with Gasteiger partial charge in [0.05, 0.1) is 5.69 Å². The first-order chi connectivity index (χ1) is 7.66. The number of carboxylic acid groups (broad SMARTS) is 1. The third kappa shape index (κ3) is 2.21. The van der Waals surface area contributed by atoms with E-state index in [9.17, 15) is 4.79 Å². The Morgan fingerprint density at radius 3 is 2.56 bits per heavy atom. The quantitative estimate of drug-likeness (QED) is 0.737. The number of piperidine rings is 1. The number of nitrogen functional groups attached to an aromatic ring is 1. The van der Waals surface area contributed by atoms with Crippen LogP contribution in [0.3, 0.4) is 0 Å². The molecule has 1 amide bonds. The molecule has 1 aliphatic rings. The molecule has 6 heteroatoms.